The third-order valence-electron chi connectivity index (χ3n) is 5.95. The van der Waals surface area contributed by atoms with Crippen LogP contribution in [0.3, 0.4) is 0 Å². The number of benzene rings is 2. The molecule has 1 aliphatic rings. The van der Waals surface area contributed by atoms with Gasteiger partial charge in [0.15, 0.2) is 5.75 Å². The molecule has 2 heterocycles. The minimum atomic E-state index is -0.539. The van der Waals surface area contributed by atoms with E-state index in [9.17, 15) is 14.5 Å². The van der Waals surface area contributed by atoms with Crippen LogP contribution in [0.15, 0.2) is 36.7 Å². The minimum Gasteiger partial charge on any atom is -0.487 e. The smallest absolute Gasteiger partial charge is 0.311 e. The molecule has 174 valence electrons. The summed E-state index contributed by atoms with van der Waals surface area (Å²) in [6, 6.07) is 7.11. The molecule has 0 radical (unpaired) electrons. The number of nitro benzene ring substituents is 1. The van der Waals surface area contributed by atoms with Gasteiger partial charge in [0.1, 0.15) is 18.0 Å². The van der Waals surface area contributed by atoms with Crippen molar-refractivity contribution < 1.29 is 14.1 Å². The summed E-state index contributed by atoms with van der Waals surface area (Å²) in [7, 11) is 2.14. The normalized spacial score (nSPS) is 15.0. The van der Waals surface area contributed by atoms with E-state index in [0.29, 0.717) is 34.9 Å². The van der Waals surface area contributed by atoms with E-state index in [1.165, 1.54) is 43.4 Å². The van der Waals surface area contributed by atoms with E-state index < -0.39 is 10.7 Å². The maximum atomic E-state index is 13.4. The molecule has 0 bridgehead atoms. The summed E-state index contributed by atoms with van der Waals surface area (Å²) < 4.78 is 19.3. The van der Waals surface area contributed by atoms with E-state index in [1.807, 2.05) is 0 Å². The molecule has 0 aliphatic carbocycles. The highest BCUT2D eigenvalue weighted by atomic mass is 35.5. The number of nitrogens with one attached hydrogen (secondary N) is 1. The lowest BCUT2D eigenvalue weighted by atomic mass is 9.93. The second-order valence-electron chi connectivity index (χ2n) is 8.31. The summed E-state index contributed by atoms with van der Waals surface area (Å²) in [6.45, 7) is 2.63. The molecule has 1 aliphatic heterocycles. The maximum Gasteiger partial charge on any atom is 0.311 e. The number of halogens is 2. The molecule has 4 rings (SSSR count). The van der Waals surface area contributed by atoms with Crippen LogP contribution >= 0.6 is 11.6 Å². The standard InChI is InChI=1S/C23H25ClFN5O3/c1-29-8-6-15(7-9-29)3-2-10-33-22-13-20-17(12-21(22)30(31)32)23(27-14-26-20)28-16-4-5-19(25)18(24)11-16/h4-5,11-15H,2-3,6-10H2,1H3,(H,26,27,28). The zero-order valence-electron chi connectivity index (χ0n) is 18.3. The van der Waals surface area contributed by atoms with Gasteiger partial charge in [-0.1, -0.05) is 11.6 Å². The molecule has 1 aromatic heterocycles. The highest BCUT2D eigenvalue weighted by molar-refractivity contribution is 6.31. The van der Waals surface area contributed by atoms with Crippen molar-refractivity contribution in [2.45, 2.75) is 25.7 Å². The van der Waals surface area contributed by atoms with Crippen LogP contribution in [0.1, 0.15) is 25.7 Å². The van der Waals surface area contributed by atoms with E-state index in [1.54, 1.807) is 6.07 Å². The highest BCUT2D eigenvalue weighted by Crippen LogP contribution is 2.35. The molecule has 1 fully saturated rings. The number of ether oxygens (including phenoxy) is 1. The first-order valence-corrected chi connectivity index (χ1v) is 11.2. The molecule has 1 saturated heterocycles. The van der Waals surface area contributed by atoms with E-state index in [2.05, 4.69) is 27.2 Å². The van der Waals surface area contributed by atoms with Crippen LogP contribution < -0.4 is 10.1 Å². The van der Waals surface area contributed by atoms with Gasteiger partial charge in [0.05, 0.1) is 27.5 Å². The Kier molecular flexibility index (Phi) is 7.20. The van der Waals surface area contributed by atoms with Crippen molar-refractivity contribution in [1.82, 2.24) is 14.9 Å². The molecular weight excluding hydrogens is 449 g/mol. The number of nitrogens with zero attached hydrogens (tertiary/aromatic N) is 4. The van der Waals surface area contributed by atoms with Crippen LogP contribution in [0.25, 0.3) is 10.9 Å². The first-order valence-electron chi connectivity index (χ1n) is 10.9. The summed E-state index contributed by atoms with van der Waals surface area (Å²) in [5.74, 6) is 0.672. The average molecular weight is 474 g/mol. The van der Waals surface area contributed by atoms with Crippen molar-refractivity contribution in [3.63, 3.8) is 0 Å². The lowest BCUT2D eigenvalue weighted by Crippen LogP contribution is -2.30. The number of piperidine rings is 1. The van der Waals surface area contributed by atoms with Gasteiger partial charge in [0.25, 0.3) is 0 Å². The van der Waals surface area contributed by atoms with E-state index in [0.717, 1.165) is 25.9 Å². The number of hydrogen-bond acceptors (Lipinski definition) is 7. The molecule has 0 saturated carbocycles. The fraction of sp³-hybridized carbons (Fsp3) is 0.391. The van der Waals surface area contributed by atoms with Gasteiger partial charge in [-0.05, 0) is 69.9 Å². The Hall–Kier alpha value is -3.04. The number of fused-ring (bicyclic) bond motifs is 1. The van der Waals surface area contributed by atoms with Crippen LogP contribution in [-0.2, 0) is 0 Å². The van der Waals surface area contributed by atoms with Crippen molar-refractivity contribution in [1.29, 1.82) is 0 Å². The number of anilines is 2. The molecule has 0 unspecified atom stereocenters. The van der Waals surface area contributed by atoms with Crippen molar-refractivity contribution in [2.24, 2.45) is 5.92 Å². The van der Waals surface area contributed by atoms with Gasteiger partial charge in [-0.15, -0.1) is 0 Å². The zero-order chi connectivity index (χ0) is 23.4. The molecule has 0 spiro atoms. The summed E-state index contributed by atoms with van der Waals surface area (Å²) in [4.78, 5) is 22.0. The Morgan fingerprint density at radius 2 is 2.06 bits per heavy atom. The Balaban J connectivity index is 1.50. The van der Waals surface area contributed by atoms with E-state index in [4.69, 9.17) is 16.3 Å². The Labute approximate surface area is 195 Å². The van der Waals surface area contributed by atoms with E-state index in [-0.39, 0.29) is 16.5 Å². The van der Waals surface area contributed by atoms with Gasteiger partial charge in [-0.3, -0.25) is 10.1 Å². The van der Waals surface area contributed by atoms with Crippen LogP contribution in [0, 0.1) is 21.8 Å². The van der Waals surface area contributed by atoms with Gasteiger partial charge < -0.3 is 15.0 Å². The van der Waals surface area contributed by atoms with Crippen LogP contribution in [0.5, 0.6) is 5.75 Å². The third-order valence-corrected chi connectivity index (χ3v) is 6.24. The van der Waals surface area contributed by atoms with Crippen LogP contribution in [-0.4, -0.2) is 46.5 Å². The van der Waals surface area contributed by atoms with Crippen molar-refractivity contribution in [3.05, 3.63) is 57.6 Å². The second-order valence-corrected chi connectivity index (χ2v) is 8.71. The quantitative estimate of drug-likeness (QED) is 0.259. The predicted octanol–water partition coefficient (Wildman–Crippen LogP) is 5.57. The number of aromatic nitrogens is 2. The highest BCUT2D eigenvalue weighted by Gasteiger charge is 2.20. The monoisotopic (exact) mass is 473 g/mol. The molecular formula is C23H25ClFN5O3. The molecule has 1 N–H and O–H groups in total. The SMILES string of the molecule is CN1CCC(CCCOc2cc3ncnc(Nc4ccc(F)c(Cl)c4)c3cc2[N+](=O)[O-])CC1. The van der Waals surface area contributed by atoms with Gasteiger partial charge in [-0.25, -0.2) is 14.4 Å². The largest absolute Gasteiger partial charge is 0.487 e. The lowest BCUT2D eigenvalue weighted by Gasteiger charge is -2.28. The molecule has 0 amide bonds. The summed E-state index contributed by atoms with van der Waals surface area (Å²) in [5, 5.41) is 15.2. The van der Waals surface area contributed by atoms with Gasteiger partial charge >= 0.3 is 5.69 Å². The number of rotatable bonds is 8. The number of hydrogen-bond donors (Lipinski definition) is 1. The molecule has 8 nitrogen and oxygen atoms in total. The van der Waals surface area contributed by atoms with Crippen LogP contribution in [0.2, 0.25) is 5.02 Å². The summed E-state index contributed by atoms with van der Waals surface area (Å²) >= 11 is 5.85. The maximum absolute atomic E-state index is 13.4. The molecule has 2 aromatic carbocycles. The van der Waals surface area contributed by atoms with E-state index >= 15 is 0 Å². The Morgan fingerprint density at radius 1 is 1.27 bits per heavy atom. The van der Waals surface area contributed by atoms with Crippen molar-refractivity contribution in [2.75, 3.05) is 32.1 Å². The molecule has 3 aromatic rings. The van der Waals surface area contributed by atoms with Gasteiger partial charge in [0.2, 0.25) is 0 Å². The third kappa shape index (κ3) is 5.66. The van der Waals surface area contributed by atoms with Crippen molar-refractivity contribution in [3.8, 4) is 5.75 Å². The Bertz CT molecular complexity index is 1150. The number of nitro groups is 1. The second kappa shape index (κ2) is 10.3. The lowest BCUT2D eigenvalue weighted by molar-refractivity contribution is -0.385. The molecule has 0 atom stereocenters. The Morgan fingerprint density at radius 3 is 2.79 bits per heavy atom. The average Bonchev–Trinajstić information content (AvgIpc) is 2.80. The molecule has 10 heteroatoms. The minimum absolute atomic E-state index is 0.0414. The van der Waals surface area contributed by atoms with Crippen molar-refractivity contribution >= 4 is 39.7 Å². The van der Waals surface area contributed by atoms with Crippen LogP contribution in [0.4, 0.5) is 21.6 Å². The van der Waals surface area contributed by atoms with Gasteiger partial charge in [-0.2, -0.15) is 0 Å². The number of likely N-dealkylation sites (tertiary alicyclic amines) is 1. The molecule has 33 heavy (non-hydrogen) atoms. The fourth-order valence-electron chi connectivity index (χ4n) is 4.05. The fourth-order valence-corrected chi connectivity index (χ4v) is 4.23. The summed E-state index contributed by atoms with van der Waals surface area (Å²) in [6.07, 6.45) is 5.60. The first-order chi connectivity index (χ1) is 15.9. The topological polar surface area (TPSA) is 93.4 Å². The zero-order valence-corrected chi connectivity index (χ0v) is 19.0. The predicted molar refractivity (Wildman–Crippen MR) is 126 cm³/mol. The van der Waals surface area contributed by atoms with Gasteiger partial charge in [0, 0.05) is 17.8 Å². The first kappa shape index (κ1) is 23.1. The summed E-state index contributed by atoms with van der Waals surface area (Å²) in [5.41, 5.74) is 0.840.